The molecule has 0 aromatic heterocycles. The van der Waals surface area contributed by atoms with Gasteiger partial charge in [-0.1, -0.05) is 0 Å². The molecule has 0 saturated carbocycles. The normalized spacial score (nSPS) is 12.2. The van der Waals surface area contributed by atoms with Crippen LogP contribution in [0.3, 0.4) is 0 Å². The summed E-state index contributed by atoms with van der Waals surface area (Å²) in [7, 11) is 0. The van der Waals surface area contributed by atoms with Crippen molar-refractivity contribution in [2.75, 3.05) is 39.3 Å². The third-order valence-corrected chi connectivity index (χ3v) is 2.88. The minimum Gasteiger partial charge on any atom is -0.548 e. The van der Waals surface area contributed by atoms with E-state index in [0.717, 1.165) is 0 Å². The van der Waals surface area contributed by atoms with Crippen molar-refractivity contribution in [2.45, 2.75) is 38.9 Å². The second-order valence-electron chi connectivity index (χ2n) is 5.39. The third-order valence-electron chi connectivity index (χ3n) is 2.88. The van der Waals surface area contributed by atoms with Gasteiger partial charge in [-0.15, -0.1) is 0 Å². The molecule has 11 N–H and O–H groups in total. The van der Waals surface area contributed by atoms with Gasteiger partial charge in [-0.25, -0.2) is 0 Å². The smallest absolute Gasteiger partial charge is 0.548 e. The van der Waals surface area contributed by atoms with Crippen LogP contribution in [0.4, 0.5) is 0 Å². The van der Waals surface area contributed by atoms with E-state index in [9.17, 15) is 19.5 Å². The summed E-state index contributed by atoms with van der Waals surface area (Å²) >= 11 is 0. The molecule has 0 radical (unpaired) electrons. The summed E-state index contributed by atoms with van der Waals surface area (Å²) in [5.74, 6) is -2.78. The molecular weight excluding hydrogens is 449 g/mol. The van der Waals surface area contributed by atoms with Gasteiger partial charge in [-0.2, -0.15) is 0 Å². The molecule has 0 amide bonds. The molecule has 0 aliphatic carbocycles. The molecule has 0 saturated heterocycles. The SMILES string of the molecule is CC(NCCN)C(=O)O.CC(NCCN)C(=O)O.CC(NCCN)C(=O)[O-].[Na+].[Zn]. The molecule has 0 fully saturated rings. The van der Waals surface area contributed by atoms with Crippen LogP contribution < -0.4 is 67.8 Å². The molecule has 0 rings (SSSR count). The molecule has 3 unspecified atom stereocenters. The van der Waals surface area contributed by atoms with Gasteiger partial charge in [0.05, 0.1) is 5.97 Å². The molecule has 164 valence electrons. The topological polar surface area (TPSA) is 229 Å². The Labute approximate surface area is 207 Å². The molecule has 14 heteroatoms. The molecule has 0 spiro atoms. The number of hydrogen-bond acceptors (Lipinski definition) is 10. The van der Waals surface area contributed by atoms with Crippen molar-refractivity contribution in [1.82, 2.24) is 16.0 Å². The van der Waals surface area contributed by atoms with Crippen molar-refractivity contribution < 1.29 is 78.7 Å². The predicted molar refractivity (Wildman–Crippen MR) is 99.8 cm³/mol. The first-order chi connectivity index (χ1) is 12.5. The van der Waals surface area contributed by atoms with Crippen LogP contribution in [0.1, 0.15) is 20.8 Å². The van der Waals surface area contributed by atoms with Crippen molar-refractivity contribution in [1.29, 1.82) is 0 Å². The van der Waals surface area contributed by atoms with E-state index < -0.39 is 36.0 Å². The Hall–Kier alpha value is -0.207. The van der Waals surface area contributed by atoms with Gasteiger partial charge < -0.3 is 53.3 Å². The van der Waals surface area contributed by atoms with Crippen LogP contribution in [0.5, 0.6) is 0 Å². The zero-order valence-electron chi connectivity index (χ0n) is 17.9. The number of carbonyl (C=O) groups is 3. The van der Waals surface area contributed by atoms with Crippen LogP contribution in [0.25, 0.3) is 0 Å². The van der Waals surface area contributed by atoms with Gasteiger partial charge in [0, 0.05) is 64.8 Å². The maximum atomic E-state index is 10.1. The fourth-order valence-corrected chi connectivity index (χ4v) is 1.16. The Morgan fingerprint density at radius 1 is 0.759 bits per heavy atom. The maximum Gasteiger partial charge on any atom is 1.00 e. The van der Waals surface area contributed by atoms with E-state index in [1.807, 2.05) is 0 Å². The second kappa shape index (κ2) is 27.8. The number of nitrogens with two attached hydrogens (primary N) is 3. The van der Waals surface area contributed by atoms with Crippen LogP contribution in [0, 0.1) is 0 Å². The van der Waals surface area contributed by atoms with Gasteiger partial charge in [0.2, 0.25) is 0 Å². The minimum atomic E-state index is -1.09. The molecule has 0 aromatic carbocycles. The molecule has 0 aromatic rings. The average Bonchev–Trinajstić information content (AvgIpc) is 2.62. The molecule has 0 bridgehead atoms. The van der Waals surface area contributed by atoms with Crippen LogP contribution in [-0.4, -0.2) is 85.5 Å². The van der Waals surface area contributed by atoms with Crippen molar-refractivity contribution in [3.63, 3.8) is 0 Å². The van der Waals surface area contributed by atoms with Crippen LogP contribution in [0.2, 0.25) is 0 Å². The number of hydrogen-bond donors (Lipinski definition) is 8. The van der Waals surface area contributed by atoms with Gasteiger partial charge in [-0.05, 0) is 20.8 Å². The molecule has 3 atom stereocenters. The summed E-state index contributed by atoms with van der Waals surface area (Å²) < 4.78 is 0. The van der Waals surface area contributed by atoms with E-state index in [4.69, 9.17) is 27.4 Å². The Kier molecular flexibility index (Phi) is 37.7. The molecule has 29 heavy (non-hydrogen) atoms. The van der Waals surface area contributed by atoms with Crippen molar-refractivity contribution in [3.8, 4) is 0 Å². The standard InChI is InChI=1S/3C5H12N2O2.Na.Zn/c3*1-4(5(8)9)7-3-2-6;;/h3*4,7H,2-3,6H2,1H3,(H,8,9);;/q;;;+1;/p-1. The molecular formula is C15H35N6NaO6Zn. The van der Waals surface area contributed by atoms with Crippen LogP contribution in [0.15, 0.2) is 0 Å². The van der Waals surface area contributed by atoms with E-state index in [-0.39, 0.29) is 49.0 Å². The van der Waals surface area contributed by atoms with E-state index in [1.54, 1.807) is 13.8 Å². The Morgan fingerprint density at radius 2 is 1.00 bits per heavy atom. The largest absolute Gasteiger partial charge is 1.00 e. The second-order valence-corrected chi connectivity index (χ2v) is 5.39. The van der Waals surface area contributed by atoms with Crippen molar-refractivity contribution in [2.24, 2.45) is 17.2 Å². The summed E-state index contributed by atoms with van der Waals surface area (Å²) in [6.45, 7) is 7.67. The van der Waals surface area contributed by atoms with Gasteiger partial charge in [-0.3, -0.25) is 9.59 Å². The Morgan fingerprint density at radius 3 is 1.17 bits per heavy atom. The summed E-state index contributed by atoms with van der Waals surface area (Å²) in [6.07, 6.45) is 0. The van der Waals surface area contributed by atoms with Gasteiger partial charge in [0.1, 0.15) is 12.1 Å². The third kappa shape index (κ3) is 32.7. The van der Waals surface area contributed by atoms with E-state index in [2.05, 4.69) is 16.0 Å². The number of nitrogens with one attached hydrogen (secondary N) is 3. The van der Waals surface area contributed by atoms with Crippen LogP contribution in [-0.2, 0) is 33.9 Å². The first-order valence-corrected chi connectivity index (χ1v) is 8.51. The quantitative estimate of drug-likeness (QED) is 0.121. The summed E-state index contributed by atoms with van der Waals surface area (Å²) in [4.78, 5) is 30.2. The summed E-state index contributed by atoms with van der Waals surface area (Å²) in [6, 6.07) is -1.59. The van der Waals surface area contributed by atoms with E-state index in [0.29, 0.717) is 39.3 Å². The number of carboxylic acids is 3. The number of carbonyl (C=O) groups excluding carboxylic acids is 1. The summed E-state index contributed by atoms with van der Waals surface area (Å²) in [5.41, 5.74) is 15.3. The van der Waals surface area contributed by atoms with E-state index in [1.165, 1.54) is 6.92 Å². The molecule has 0 aliphatic heterocycles. The Balaban J connectivity index is -0.0000000960. The maximum absolute atomic E-state index is 10.1. The Bertz CT molecular complexity index is 354. The summed E-state index contributed by atoms with van der Waals surface area (Å²) in [5, 5.41) is 34.7. The number of rotatable bonds is 12. The molecule has 12 nitrogen and oxygen atoms in total. The fraction of sp³-hybridized carbons (Fsp3) is 0.800. The van der Waals surface area contributed by atoms with Crippen LogP contribution >= 0.6 is 0 Å². The molecule has 0 aliphatic rings. The van der Waals surface area contributed by atoms with Crippen molar-refractivity contribution >= 4 is 17.9 Å². The van der Waals surface area contributed by atoms with Gasteiger partial charge in [0.25, 0.3) is 0 Å². The fourth-order valence-electron chi connectivity index (χ4n) is 1.16. The average molecular weight is 484 g/mol. The zero-order valence-corrected chi connectivity index (χ0v) is 22.9. The number of carboxylic acid groups (broad SMARTS) is 3. The monoisotopic (exact) mass is 482 g/mol. The predicted octanol–water partition coefficient (Wildman–Crippen LogP) is -7.31. The molecule has 0 heterocycles. The van der Waals surface area contributed by atoms with Gasteiger partial charge >= 0.3 is 41.5 Å². The minimum absolute atomic E-state index is 0. The van der Waals surface area contributed by atoms with Crippen molar-refractivity contribution in [3.05, 3.63) is 0 Å². The first kappa shape index (κ1) is 39.3. The zero-order chi connectivity index (χ0) is 21.8. The van der Waals surface area contributed by atoms with E-state index >= 15 is 0 Å². The number of aliphatic carboxylic acids is 3. The van der Waals surface area contributed by atoms with Gasteiger partial charge in [0.15, 0.2) is 0 Å². The first-order valence-electron chi connectivity index (χ1n) is 8.51.